The average molecular weight is 277 g/mol. The Hall–Kier alpha value is -1.95. The van der Waals surface area contributed by atoms with Gasteiger partial charge in [-0.1, -0.05) is 6.07 Å². The highest BCUT2D eigenvalue weighted by Crippen LogP contribution is 2.17. The Bertz CT molecular complexity index is 484. The van der Waals surface area contributed by atoms with Crippen LogP contribution >= 0.6 is 0 Å². The highest BCUT2D eigenvalue weighted by molar-refractivity contribution is 5.90. The van der Waals surface area contributed by atoms with Gasteiger partial charge in [-0.2, -0.15) is 0 Å². The van der Waals surface area contributed by atoms with E-state index in [4.69, 9.17) is 0 Å². The van der Waals surface area contributed by atoms with Gasteiger partial charge in [-0.25, -0.2) is 0 Å². The molecule has 1 amide bonds. The lowest BCUT2D eigenvalue weighted by Crippen LogP contribution is -2.22. The molecule has 1 N–H and O–H groups in total. The summed E-state index contributed by atoms with van der Waals surface area (Å²) in [5, 5.41) is 13.3. The zero-order valence-electron chi connectivity index (χ0n) is 11.4. The summed E-state index contributed by atoms with van der Waals surface area (Å²) in [6, 6.07) is 6.00. The van der Waals surface area contributed by atoms with E-state index in [9.17, 15) is 14.9 Å². The number of rotatable bonds is 6. The smallest absolute Gasteiger partial charge is 0.271 e. The minimum atomic E-state index is -0.469. The van der Waals surface area contributed by atoms with Crippen LogP contribution in [0, 0.1) is 10.1 Å². The number of non-ortho nitro benzene ring substituents is 1. The van der Waals surface area contributed by atoms with Gasteiger partial charge < -0.3 is 10.2 Å². The first-order valence-electron chi connectivity index (χ1n) is 6.92. The average Bonchev–Trinajstić information content (AvgIpc) is 2.92. The zero-order chi connectivity index (χ0) is 14.4. The van der Waals surface area contributed by atoms with Crippen molar-refractivity contribution >= 4 is 17.3 Å². The monoisotopic (exact) mass is 277 g/mol. The van der Waals surface area contributed by atoms with Crippen LogP contribution in [0.25, 0.3) is 0 Å². The third kappa shape index (κ3) is 4.31. The number of carbonyl (C=O) groups is 1. The van der Waals surface area contributed by atoms with Gasteiger partial charge in [-0.15, -0.1) is 0 Å². The fourth-order valence-corrected chi connectivity index (χ4v) is 2.39. The summed E-state index contributed by atoms with van der Waals surface area (Å²) >= 11 is 0. The summed E-state index contributed by atoms with van der Waals surface area (Å²) in [7, 11) is 0. The molecule has 1 aliphatic rings. The van der Waals surface area contributed by atoms with Crippen molar-refractivity contribution in [3.05, 3.63) is 34.4 Å². The molecule has 20 heavy (non-hydrogen) atoms. The van der Waals surface area contributed by atoms with Crippen LogP contribution in [0.5, 0.6) is 0 Å². The number of nitrogens with zero attached hydrogens (tertiary/aromatic N) is 2. The standard InChI is InChI=1S/C14H19N3O3/c18-14(7-4-10-16-8-1-2-9-16)15-12-5-3-6-13(11-12)17(19)20/h3,5-6,11H,1-2,4,7-10H2,(H,15,18). The molecule has 0 spiro atoms. The number of likely N-dealkylation sites (tertiary alicyclic amines) is 1. The molecule has 0 saturated carbocycles. The molecule has 0 atom stereocenters. The van der Waals surface area contributed by atoms with E-state index in [-0.39, 0.29) is 11.6 Å². The molecule has 1 fully saturated rings. The topological polar surface area (TPSA) is 75.5 Å². The molecule has 0 unspecified atom stereocenters. The van der Waals surface area contributed by atoms with Crippen LogP contribution in [0.15, 0.2) is 24.3 Å². The van der Waals surface area contributed by atoms with E-state index in [1.54, 1.807) is 12.1 Å². The maximum atomic E-state index is 11.8. The van der Waals surface area contributed by atoms with Gasteiger partial charge in [0.25, 0.3) is 5.69 Å². The molecular weight excluding hydrogens is 258 g/mol. The van der Waals surface area contributed by atoms with Gasteiger partial charge in [0.05, 0.1) is 4.92 Å². The molecular formula is C14H19N3O3. The first kappa shape index (κ1) is 14.5. The van der Waals surface area contributed by atoms with Crippen LogP contribution in [-0.4, -0.2) is 35.4 Å². The number of nitrogens with one attached hydrogen (secondary N) is 1. The van der Waals surface area contributed by atoms with Crippen molar-refractivity contribution in [1.82, 2.24) is 4.90 Å². The summed E-state index contributed by atoms with van der Waals surface area (Å²) in [5.41, 5.74) is 0.463. The largest absolute Gasteiger partial charge is 0.326 e. The van der Waals surface area contributed by atoms with Crippen molar-refractivity contribution in [2.24, 2.45) is 0 Å². The Morgan fingerprint density at radius 2 is 2.10 bits per heavy atom. The third-order valence-corrected chi connectivity index (χ3v) is 3.42. The molecule has 0 aliphatic carbocycles. The van der Waals surface area contributed by atoms with Crippen molar-refractivity contribution < 1.29 is 9.72 Å². The van der Waals surface area contributed by atoms with E-state index in [0.717, 1.165) is 26.1 Å². The quantitative estimate of drug-likeness (QED) is 0.640. The normalized spacial score (nSPS) is 15.2. The predicted molar refractivity (Wildman–Crippen MR) is 76.6 cm³/mol. The summed E-state index contributed by atoms with van der Waals surface area (Å²) < 4.78 is 0. The summed E-state index contributed by atoms with van der Waals surface area (Å²) in [6.45, 7) is 3.21. The Kier molecular flexibility index (Phi) is 5.06. The van der Waals surface area contributed by atoms with Gasteiger partial charge in [0.1, 0.15) is 0 Å². The number of hydrogen-bond donors (Lipinski definition) is 1. The van der Waals surface area contributed by atoms with Crippen LogP contribution in [0.4, 0.5) is 11.4 Å². The van der Waals surface area contributed by atoms with Crippen LogP contribution < -0.4 is 5.32 Å². The van der Waals surface area contributed by atoms with Gasteiger partial charge >= 0.3 is 0 Å². The molecule has 1 aliphatic heterocycles. The van der Waals surface area contributed by atoms with E-state index in [1.807, 2.05) is 0 Å². The summed E-state index contributed by atoms with van der Waals surface area (Å²) in [4.78, 5) is 24.3. The predicted octanol–water partition coefficient (Wildman–Crippen LogP) is 2.41. The van der Waals surface area contributed by atoms with E-state index in [1.165, 1.54) is 25.0 Å². The number of carbonyl (C=O) groups excluding carboxylic acids is 1. The van der Waals surface area contributed by atoms with Gasteiger partial charge in [-0.3, -0.25) is 14.9 Å². The number of nitro groups is 1. The van der Waals surface area contributed by atoms with Crippen LogP contribution in [0.1, 0.15) is 25.7 Å². The van der Waals surface area contributed by atoms with Crippen molar-refractivity contribution in [3.63, 3.8) is 0 Å². The second kappa shape index (κ2) is 7.00. The maximum Gasteiger partial charge on any atom is 0.271 e. The zero-order valence-corrected chi connectivity index (χ0v) is 11.4. The molecule has 108 valence electrons. The molecule has 6 nitrogen and oxygen atoms in total. The lowest BCUT2D eigenvalue weighted by Gasteiger charge is -2.13. The Balaban J connectivity index is 1.76. The number of amides is 1. The Labute approximate surface area is 117 Å². The third-order valence-electron chi connectivity index (χ3n) is 3.42. The van der Waals surface area contributed by atoms with Gasteiger partial charge in [-0.05, 0) is 45.0 Å². The highest BCUT2D eigenvalue weighted by atomic mass is 16.6. The molecule has 0 radical (unpaired) electrons. The van der Waals surface area contributed by atoms with Crippen LogP contribution in [0.2, 0.25) is 0 Å². The number of anilines is 1. The fourth-order valence-electron chi connectivity index (χ4n) is 2.39. The van der Waals surface area contributed by atoms with Crippen LogP contribution in [0.3, 0.4) is 0 Å². The fraction of sp³-hybridized carbons (Fsp3) is 0.500. The number of nitro benzene ring substituents is 1. The van der Waals surface area contributed by atoms with E-state index in [0.29, 0.717) is 12.1 Å². The number of benzene rings is 1. The Morgan fingerprint density at radius 1 is 1.35 bits per heavy atom. The lowest BCUT2D eigenvalue weighted by molar-refractivity contribution is -0.384. The molecule has 6 heteroatoms. The van der Waals surface area contributed by atoms with E-state index >= 15 is 0 Å². The van der Waals surface area contributed by atoms with E-state index in [2.05, 4.69) is 10.2 Å². The van der Waals surface area contributed by atoms with Crippen molar-refractivity contribution in [1.29, 1.82) is 0 Å². The SMILES string of the molecule is O=C(CCCN1CCCC1)Nc1cccc([N+](=O)[O-])c1. The molecule has 1 aromatic rings. The molecule has 0 bridgehead atoms. The summed E-state index contributed by atoms with van der Waals surface area (Å²) in [6.07, 6.45) is 3.76. The molecule has 1 saturated heterocycles. The Morgan fingerprint density at radius 3 is 2.80 bits per heavy atom. The lowest BCUT2D eigenvalue weighted by atomic mass is 10.2. The minimum Gasteiger partial charge on any atom is -0.326 e. The highest BCUT2D eigenvalue weighted by Gasteiger charge is 2.12. The maximum absolute atomic E-state index is 11.8. The minimum absolute atomic E-state index is 0.0140. The summed E-state index contributed by atoms with van der Waals surface area (Å²) in [5.74, 6) is -0.0929. The van der Waals surface area contributed by atoms with Crippen LogP contribution in [-0.2, 0) is 4.79 Å². The van der Waals surface area contributed by atoms with Crippen molar-refractivity contribution in [3.8, 4) is 0 Å². The van der Waals surface area contributed by atoms with Gasteiger partial charge in [0, 0.05) is 24.2 Å². The molecule has 2 rings (SSSR count). The van der Waals surface area contributed by atoms with Gasteiger partial charge in [0.15, 0.2) is 0 Å². The second-order valence-corrected chi connectivity index (χ2v) is 5.01. The number of hydrogen-bond acceptors (Lipinski definition) is 4. The first-order valence-corrected chi connectivity index (χ1v) is 6.92. The van der Waals surface area contributed by atoms with E-state index < -0.39 is 4.92 Å². The molecule has 0 aromatic heterocycles. The van der Waals surface area contributed by atoms with Gasteiger partial charge in [0.2, 0.25) is 5.91 Å². The molecule has 1 aromatic carbocycles. The van der Waals surface area contributed by atoms with Crippen molar-refractivity contribution in [2.45, 2.75) is 25.7 Å². The molecule has 1 heterocycles. The second-order valence-electron chi connectivity index (χ2n) is 5.01. The first-order chi connectivity index (χ1) is 9.65. The van der Waals surface area contributed by atoms with Crippen molar-refractivity contribution in [2.75, 3.05) is 25.0 Å².